The van der Waals surface area contributed by atoms with E-state index in [9.17, 15) is 14.4 Å². The van der Waals surface area contributed by atoms with Gasteiger partial charge in [-0.25, -0.2) is 0 Å². The van der Waals surface area contributed by atoms with Crippen molar-refractivity contribution in [1.29, 1.82) is 0 Å². The van der Waals surface area contributed by atoms with Gasteiger partial charge in [-0.15, -0.1) is 11.8 Å². The lowest BCUT2D eigenvalue weighted by Gasteiger charge is -2.12. The molecule has 2 aromatic rings. The number of nitrogens with one attached hydrogen (secondary N) is 3. The molecule has 0 aliphatic heterocycles. The standard InChI is InChI=1S/C19H20BrN3O4S/c1-12(24)21-16-7-6-15(9-17(16)27-2)23-19(26)11-28-10-18(25)22-14-5-3-4-13(20)8-14/h3-9H,10-11H2,1-2H3,(H,21,24)(H,22,25)(H,23,26). The van der Waals surface area contributed by atoms with Crippen LogP contribution >= 0.6 is 27.7 Å². The summed E-state index contributed by atoms with van der Waals surface area (Å²) in [6, 6.07) is 12.2. The molecule has 0 atom stereocenters. The number of benzene rings is 2. The van der Waals surface area contributed by atoms with Crippen LogP contribution in [0.4, 0.5) is 17.1 Å². The second-order valence-electron chi connectivity index (χ2n) is 5.70. The van der Waals surface area contributed by atoms with E-state index in [4.69, 9.17) is 4.74 Å². The summed E-state index contributed by atoms with van der Waals surface area (Å²) in [7, 11) is 1.48. The summed E-state index contributed by atoms with van der Waals surface area (Å²) in [6.45, 7) is 1.40. The normalized spacial score (nSPS) is 10.1. The highest BCUT2D eigenvalue weighted by Gasteiger charge is 2.10. The predicted octanol–water partition coefficient (Wildman–Crippen LogP) is 3.73. The molecule has 0 saturated carbocycles. The Morgan fingerprint density at radius 3 is 2.18 bits per heavy atom. The van der Waals surface area contributed by atoms with Gasteiger partial charge in [-0.05, 0) is 30.3 Å². The minimum Gasteiger partial charge on any atom is -0.494 e. The Morgan fingerprint density at radius 2 is 1.61 bits per heavy atom. The van der Waals surface area contributed by atoms with Gasteiger partial charge in [0.15, 0.2) is 0 Å². The van der Waals surface area contributed by atoms with E-state index in [2.05, 4.69) is 31.9 Å². The summed E-state index contributed by atoms with van der Waals surface area (Å²) >= 11 is 4.55. The number of carbonyl (C=O) groups is 3. The number of rotatable bonds is 8. The summed E-state index contributed by atoms with van der Waals surface area (Å²) in [6.07, 6.45) is 0. The first-order valence-corrected chi connectivity index (χ1v) is 10.2. The second-order valence-corrected chi connectivity index (χ2v) is 7.60. The number of amides is 3. The number of thioether (sulfide) groups is 1. The SMILES string of the molecule is COc1cc(NC(=O)CSCC(=O)Nc2cccc(Br)c2)ccc1NC(C)=O. The number of halogens is 1. The number of hydrogen-bond donors (Lipinski definition) is 3. The van der Waals surface area contributed by atoms with Crippen LogP contribution in [0.5, 0.6) is 5.75 Å². The minimum absolute atomic E-state index is 0.127. The highest BCUT2D eigenvalue weighted by molar-refractivity contribution is 9.10. The third-order valence-electron chi connectivity index (χ3n) is 3.37. The Labute approximate surface area is 175 Å². The van der Waals surface area contributed by atoms with E-state index in [1.807, 2.05) is 12.1 Å². The molecule has 0 spiro atoms. The Balaban J connectivity index is 1.80. The van der Waals surface area contributed by atoms with Crippen molar-refractivity contribution in [3.05, 3.63) is 46.9 Å². The van der Waals surface area contributed by atoms with E-state index in [-0.39, 0.29) is 29.2 Å². The Bertz CT molecular complexity index is 876. The lowest BCUT2D eigenvalue weighted by Crippen LogP contribution is -2.18. The average molecular weight is 466 g/mol. The zero-order chi connectivity index (χ0) is 20.5. The molecule has 2 rings (SSSR count). The van der Waals surface area contributed by atoms with Gasteiger partial charge in [0.2, 0.25) is 17.7 Å². The third-order valence-corrected chi connectivity index (χ3v) is 4.80. The van der Waals surface area contributed by atoms with Gasteiger partial charge in [0.05, 0.1) is 24.3 Å². The van der Waals surface area contributed by atoms with Crippen LogP contribution < -0.4 is 20.7 Å². The van der Waals surface area contributed by atoms with Crippen LogP contribution in [0.25, 0.3) is 0 Å². The molecule has 0 aromatic heterocycles. The zero-order valence-corrected chi connectivity index (χ0v) is 17.8. The van der Waals surface area contributed by atoms with Crippen molar-refractivity contribution in [2.24, 2.45) is 0 Å². The van der Waals surface area contributed by atoms with Crippen molar-refractivity contribution < 1.29 is 19.1 Å². The van der Waals surface area contributed by atoms with Gasteiger partial charge in [0.1, 0.15) is 5.75 Å². The van der Waals surface area contributed by atoms with Gasteiger partial charge in [0, 0.05) is 28.8 Å². The number of anilines is 3. The summed E-state index contributed by atoms with van der Waals surface area (Å²) in [4.78, 5) is 35.2. The first-order chi connectivity index (χ1) is 13.4. The lowest BCUT2D eigenvalue weighted by molar-refractivity contribution is -0.115. The van der Waals surface area contributed by atoms with Crippen molar-refractivity contribution in [3.63, 3.8) is 0 Å². The fraction of sp³-hybridized carbons (Fsp3) is 0.211. The summed E-state index contributed by atoms with van der Waals surface area (Å²) in [5.74, 6) is 0.0836. The molecule has 0 bridgehead atoms. The minimum atomic E-state index is -0.241. The van der Waals surface area contributed by atoms with E-state index in [1.54, 1.807) is 30.3 Å². The van der Waals surface area contributed by atoms with Gasteiger partial charge < -0.3 is 20.7 Å². The molecular formula is C19H20BrN3O4S. The molecule has 0 fully saturated rings. The van der Waals surface area contributed by atoms with Crippen molar-refractivity contribution in [2.45, 2.75) is 6.92 Å². The van der Waals surface area contributed by atoms with Crippen LogP contribution in [0.2, 0.25) is 0 Å². The molecule has 2 aromatic carbocycles. The maximum atomic E-state index is 12.1. The van der Waals surface area contributed by atoms with Crippen LogP contribution in [0, 0.1) is 0 Å². The van der Waals surface area contributed by atoms with Crippen LogP contribution in [0.15, 0.2) is 46.9 Å². The fourth-order valence-electron chi connectivity index (χ4n) is 2.26. The second kappa shape index (κ2) is 10.7. The van der Waals surface area contributed by atoms with E-state index < -0.39 is 0 Å². The largest absolute Gasteiger partial charge is 0.494 e. The Morgan fingerprint density at radius 1 is 0.964 bits per heavy atom. The van der Waals surface area contributed by atoms with E-state index in [0.29, 0.717) is 22.8 Å². The number of carbonyl (C=O) groups excluding carboxylic acids is 3. The first kappa shape index (κ1) is 21.8. The molecule has 0 aliphatic rings. The van der Waals surface area contributed by atoms with Gasteiger partial charge >= 0.3 is 0 Å². The molecule has 9 heteroatoms. The van der Waals surface area contributed by atoms with Crippen LogP contribution in [0.3, 0.4) is 0 Å². The maximum Gasteiger partial charge on any atom is 0.234 e. The zero-order valence-electron chi connectivity index (χ0n) is 15.4. The highest BCUT2D eigenvalue weighted by atomic mass is 79.9. The van der Waals surface area contributed by atoms with Crippen molar-refractivity contribution in [1.82, 2.24) is 0 Å². The van der Waals surface area contributed by atoms with Gasteiger partial charge in [0.25, 0.3) is 0 Å². The average Bonchev–Trinajstić information content (AvgIpc) is 2.62. The monoisotopic (exact) mass is 465 g/mol. The maximum absolute atomic E-state index is 12.1. The smallest absolute Gasteiger partial charge is 0.234 e. The van der Waals surface area contributed by atoms with Gasteiger partial charge in [-0.2, -0.15) is 0 Å². The molecule has 0 aliphatic carbocycles. The number of methoxy groups -OCH3 is 1. The number of hydrogen-bond acceptors (Lipinski definition) is 5. The topological polar surface area (TPSA) is 96.5 Å². The van der Waals surface area contributed by atoms with Crippen LogP contribution in [-0.2, 0) is 14.4 Å². The highest BCUT2D eigenvalue weighted by Crippen LogP contribution is 2.28. The third kappa shape index (κ3) is 7.24. The van der Waals surface area contributed by atoms with Crippen LogP contribution in [0.1, 0.15) is 6.92 Å². The molecule has 28 heavy (non-hydrogen) atoms. The lowest BCUT2D eigenvalue weighted by atomic mass is 10.2. The Hall–Kier alpha value is -2.52. The summed E-state index contributed by atoms with van der Waals surface area (Å²) in [5.41, 5.74) is 1.75. The fourth-order valence-corrected chi connectivity index (χ4v) is 3.28. The van der Waals surface area contributed by atoms with Crippen LogP contribution in [-0.4, -0.2) is 36.3 Å². The van der Waals surface area contributed by atoms with Gasteiger partial charge in [-0.1, -0.05) is 22.0 Å². The molecular weight excluding hydrogens is 446 g/mol. The molecule has 7 nitrogen and oxygen atoms in total. The molecule has 0 unspecified atom stereocenters. The molecule has 0 heterocycles. The van der Waals surface area contributed by atoms with Crippen molar-refractivity contribution in [3.8, 4) is 5.75 Å². The molecule has 3 amide bonds. The molecule has 0 radical (unpaired) electrons. The Kier molecular flexibility index (Phi) is 8.34. The predicted molar refractivity (Wildman–Crippen MR) is 116 cm³/mol. The molecule has 3 N–H and O–H groups in total. The first-order valence-electron chi connectivity index (χ1n) is 8.26. The van der Waals surface area contributed by atoms with E-state index in [0.717, 1.165) is 4.47 Å². The van der Waals surface area contributed by atoms with Crippen molar-refractivity contribution >= 4 is 62.5 Å². The summed E-state index contributed by atoms with van der Waals surface area (Å²) < 4.78 is 6.09. The van der Waals surface area contributed by atoms with E-state index >= 15 is 0 Å². The molecule has 148 valence electrons. The quantitative estimate of drug-likeness (QED) is 0.551. The van der Waals surface area contributed by atoms with Gasteiger partial charge in [-0.3, -0.25) is 14.4 Å². The van der Waals surface area contributed by atoms with E-state index in [1.165, 1.54) is 25.8 Å². The van der Waals surface area contributed by atoms with Crippen molar-refractivity contribution in [2.75, 3.05) is 34.6 Å². The summed E-state index contributed by atoms with van der Waals surface area (Å²) in [5, 5.41) is 8.16. The number of ether oxygens (including phenoxy) is 1. The molecule has 0 saturated heterocycles.